The molecule has 0 atom stereocenters. The molecule has 0 N–H and O–H groups in total. The van der Waals surface area contributed by atoms with Gasteiger partial charge in [-0.3, -0.25) is 0 Å². The van der Waals surface area contributed by atoms with Crippen LogP contribution in [-0.4, -0.2) is 24.0 Å². The minimum atomic E-state index is -3.00. The summed E-state index contributed by atoms with van der Waals surface area (Å²) in [6.07, 6.45) is 3.80. The molecule has 0 nitrogen and oxygen atoms in total. The van der Waals surface area contributed by atoms with Gasteiger partial charge in [-0.15, -0.1) is 0 Å². The van der Waals surface area contributed by atoms with E-state index < -0.39 is 24.0 Å². The molecule has 6 heteroatoms. The zero-order valence-electron chi connectivity index (χ0n) is 8.11. The summed E-state index contributed by atoms with van der Waals surface area (Å²) in [6, 6.07) is 2.38. The fourth-order valence-electron chi connectivity index (χ4n) is 2.49. The van der Waals surface area contributed by atoms with Crippen LogP contribution in [0.3, 0.4) is 0 Å². The summed E-state index contributed by atoms with van der Waals surface area (Å²) in [7, 11) is 11.1. The van der Waals surface area contributed by atoms with Gasteiger partial charge in [0.05, 0.1) is 0 Å². The first-order valence-electron chi connectivity index (χ1n) is 4.94. The summed E-state index contributed by atoms with van der Waals surface area (Å²) < 4.78 is 4.14. The van der Waals surface area contributed by atoms with E-state index in [1.165, 1.54) is 34.6 Å². The van der Waals surface area contributed by atoms with Crippen molar-refractivity contribution < 1.29 is 0 Å². The molecule has 0 radical (unpaired) electrons. The van der Waals surface area contributed by atoms with Crippen LogP contribution in [-0.2, 0) is 0 Å². The molecule has 1 spiro atoms. The molecule has 86 valence electrons. The zero-order valence-corrected chi connectivity index (χ0v) is 14.5. The first kappa shape index (κ1) is 13.1. The maximum absolute atomic E-state index is 6.43. The van der Waals surface area contributed by atoms with Crippen LogP contribution in [0.5, 0.6) is 0 Å². The van der Waals surface area contributed by atoms with Crippen molar-refractivity contribution in [3.05, 3.63) is 17.6 Å². The van der Waals surface area contributed by atoms with Gasteiger partial charge in [0.15, 0.2) is 0 Å². The first-order valence-corrected chi connectivity index (χ1v) is 16.6. The Morgan fingerprint density at radius 3 is 2.33 bits per heavy atom. The predicted molar refractivity (Wildman–Crippen MR) is 74.6 cm³/mol. The van der Waals surface area contributed by atoms with Gasteiger partial charge in [0, 0.05) is 0 Å². The van der Waals surface area contributed by atoms with Crippen molar-refractivity contribution >= 4 is 65.1 Å². The van der Waals surface area contributed by atoms with Crippen LogP contribution in [0.15, 0.2) is 17.6 Å². The molecule has 1 fully saturated rings. The van der Waals surface area contributed by atoms with Gasteiger partial charge < -0.3 is 0 Å². The third kappa shape index (κ3) is 2.17. The zero-order chi connectivity index (χ0) is 11.1. The molecular weight excluding hydrogens is 406 g/mol. The molecular formula is C9H12Cl4SiTe. The molecule has 2 aliphatic heterocycles. The Hall–Kier alpha value is 1.65. The Bertz CT molecular complexity index is 331. The summed E-state index contributed by atoms with van der Waals surface area (Å²) in [5.41, 5.74) is 1.66. The van der Waals surface area contributed by atoms with E-state index >= 15 is 0 Å². The Kier molecular flexibility index (Phi) is 4.12. The molecule has 2 aliphatic rings. The van der Waals surface area contributed by atoms with Crippen LogP contribution >= 0.6 is 41.1 Å². The Morgan fingerprint density at radius 1 is 1.20 bits per heavy atom. The van der Waals surface area contributed by atoms with Crippen LogP contribution in [0, 0.1) is 0 Å². The van der Waals surface area contributed by atoms with Gasteiger partial charge in [-0.05, 0) is 0 Å². The second-order valence-corrected chi connectivity index (χ2v) is 22.8. The third-order valence-corrected chi connectivity index (χ3v) is 25.1. The SMILES string of the molecule is Cl/C=C1/[Si]2(CCCCC2)C(Cl)=C[Te]1(Cl)Cl. The molecule has 0 aromatic rings. The molecule has 0 aromatic carbocycles. The van der Waals surface area contributed by atoms with Gasteiger partial charge in [-0.25, -0.2) is 0 Å². The van der Waals surface area contributed by atoms with E-state index in [4.69, 9.17) is 41.1 Å². The molecule has 15 heavy (non-hydrogen) atoms. The Labute approximate surface area is 113 Å². The molecule has 0 amide bonds. The fraction of sp³-hybridized carbons (Fsp3) is 0.556. The molecule has 0 unspecified atom stereocenters. The van der Waals surface area contributed by atoms with Crippen LogP contribution in [0.2, 0.25) is 12.1 Å². The van der Waals surface area contributed by atoms with Gasteiger partial charge in [-0.1, -0.05) is 0 Å². The first-order chi connectivity index (χ1) is 7.03. The monoisotopic (exact) mass is 418 g/mol. The Balaban J connectivity index is 2.43. The second-order valence-electron chi connectivity index (χ2n) is 4.09. The van der Waals surface area contributed by atoms with Gasteiger partial charge in [0.25, 0.3) is 0 Å². The quantitative estimate of drug-likeness (QED) is 0.489. The van der Waals surface area contributed by atoms with E-state index in [1.807, 2.05) is 4.12 Å². The standard InChI is InChI=1S/C9H12Cl4SiTe/c10-6-9-14(4-2-1-3-5-14)8(11)7-15(9,12)13/h6-7H,1-5H2/b9-6-. The van der Waals surface area contributed by atoms with E-state index in [9.17, 15) is 0 Å². The summed E-state index contributed by atoms with van der Waals surface area (Å²) in [5, 5.41) is 0. The predicted octanol–water partition coefficient (Wildman–Crippen LogP) is 4.95. The van der Waals surface area contributed by atoms with Crippen molar-refractivity contribution in [3.8, 4) is 0 Å². The summed E-state index contributed by atoms with van der Waals surface area (Å²) >= 11 is 9.35. The van der Waals surface area contributed by atoms with Crippen molar-refractivity contribution in [1.29, 1.82) is 0 Å². The number of hydrogen-bond acceptors (Lipinski definition) is 0. The van der Waals surface area contributed by atoms with Crippen LogP contribution in [0.4, 0.5) is 0 Å². The van der Waals surface area contributed by atoms with Crippen molar-refractivity contribution in [3.63, 3.8) is 0 Å². The van der Waals surface area contributed by atoms with Crippen molar-refractivity contribution in [1.82, 2.24) is 0 Å². The Morgan fingerprint density at radius 2 is 1.80 bits per heavy atom. The minimum absolute atomic E-state index is 0.986. The molecule has 0 bridgehead atoms. The van der Waals surface area contributed by atoms with Gasteiger partial charge in [0.2, 0.25) is 0 Å². The van der Waals surface area contributed by atoms with Crippen LogP contribution in [0.25, 0.3) is 0 Å². The van der Waals surface area contributed by atoms with Gasteiger partial charge in [0.1, 0.15) is 0 Å². The fourth-order valence-corrected chi connectivity index (χ4v) is 32.5. The summed E-state index contributed by atoms with van der Waals surface area (Å²) in [5.74, 6) is 0. The number of halogens is 4. The summed E-state index contributed by atoms with van der Waals surface area (Å²) in [4.78, 5) is 0. The molecule has 0 saturated carbocycles. The molecule has 0 aromatic heterocycles. The van der Waals surface area contributed by atoms with Crippen LogP contribution < -0.4 is 0 Å². The number of rotatable bonds is 0. The van der Waals surface area contributed by atoms with E-state index in [2.05, 4.69) is 0 Å². The molecule has 2 heterocycles. The van der Waals surface area contributed by atoms with E-state index in [-0.39, 0.29) is 0 Å². The molecule has 2 rings (SSSR count). The number of hydrogen-bond donors (Lipinski definition) is 0. The third-order valence-electron chi connectivity index (χ3n) is 3.28. The van der Waals surface area contributed by atoms with Gasteiger partial charge in [-0.2, -0.15) is 0 Å². The second kappa shape index (κ2) is 4.73. The average Bonchev–Trinajstić information content (AvgIpc) is 2.35. The van der Waals surface area contributed by atoms with E-state index in [0.717, 1.165) is 4.66 Å². The van der Waals surface area contributed by atoms with Crippen molar-refractivity contribution in [2.75, 3.05) is 0 Å². The summed E-state index contributed by atoms with van der Waals surface area (Å²) in [6.45, 7) is 0. The molecule has 1 saturated heterocycles. The normalized spacial score (nSPS) is 33.1. The average molecular weight is 418 g/mol. The topological polar surface area (TPSA) is 0 Å². The van der Waals surface area contributed by atoms with Crippen LogP contribution in [0.1, 0.15) is 19.3 Å². The van der Waals surface area contributed by atoms with Crippen molar-refractivity contribution in [2.45, 2.75) is 31.4 Å². The molecule has 0 aliphatic carbocycles. The van der Waals surface area contributed by atoms with Crippen molar-refractivity contribution in [2.24, 2.45) is 0 Å². The van der Waals surface area contributed by atoms with Gasteiger partial charge >= 0.3 is 114 Å². The van der Waals surface area contributed by atoms with E-state index in [1.54, 1.807) is 5.54 Å². The van der Waals surface area contributed by atoms with E-state index in [0.29, 0.717) is 0 Å². The maximum atomic E-state index is 6.43.